The van der Waals surface area contributed by atoms with E-state index in [1.807, 2.05) is 14.0 Å². The molecule has 0 amide bonds. The molecule has 0 aliphatic rings. The van der Waals surface area contributed by atoms with Gasteiger partial charge in [0, 0.05) is 0 Å². The first-order chi connectivity index (χ1) is 8.36. The van der Waals surface area contributed by atoms with Crippen molar-refractivity contribution in [3.63, 3.8) is 0 Å². The first kappa shape index (κ1) is 14.0. The summed E-state index contributed by atoms with van der Waals surface area (Å²) in [5.41, 5.74) is 1.42. The molecule has 0 unspecified atom stereocenters. The number of ether oxygens (including phenoxy) is 1. The van der Waals surface area contributed by atoms with Crippen LogP contribution < -0.4 is 10.1 Å². The van der Waals surface area contributed by atoms with Crippen molar-refractivity contribution in [1.29, 1.82) is 0 Å². The normalized spacial score (nSPS) is 10.5. The van der Waals surface area contributed by atoms with Gasteiger partial charge in [-0.2, -0.15) is 0 Å². The lowest BCUT2D eigenvalue weighted by Crippen LogP contribution is -2.06. The van der Waals surface area contributed by atoms with Gasteiger partial charge >= 0.3 is 0 Å². The van der Waals surface area contributed by atoms with Gasteiger partial charge in [0.2, 0.25) is 0 Å². The minimum atomic E-state index is 0.741. The molecule has 0 aromatic heterocycles. The minimum Gasteiger partial charge on any atom is -0.494 e. The zero-order valence-corrected chi connectivity index (χ0v) is 11.2. The highest BCUT2D eigenvalue weighted by Gasteiger charge is 1.95. The van der Waals surface area contributed by atoms with Crippen molar-refractivity contribution in [3.8, 4) is 5.75 Å². The number of benzene rings is 1. The van der Waals surface area contributed by atoms with E-state index in [2.05, 4.69) is 29.6 Å². The second-order valence-electron chi connectivity index (χ2n) is 4.34. The van der Waals surface area contributed by atoms with Gasteiger partial charge in [-0.3, -0.25) is 0 Å². The number of hydrogen-bond acceptors (Lipinski definition) is 2. The van der Waals surface area contributed by atoms with Crippen LogP contribution in [0.4, 0.5) is 0 Å². The zero-order valence-electron chi connectivity index (χ0n) is 11.2. The van der Waals surface area contributed by atoms with E-state index in [-0.39, 0.29) is 0 Å². The van der Waals surface area contributed by atoms with Crippen LogP contribution in [0.25, 0.3) is 0 Å². The molecule has 0 saturated heterocycles. The SMILES string of the molecule is CCOc1ccc(CCCCCCNC)cc1. The van der Waals surface area contributed by atoms with Gasteiger partial charge in [-0.15, -0.1) is 0 Å². The Bertz CT molecular complexity index is 281. The van der Waals surface area contributed by atoms with Crippen molar-refractivity contribution in [2.45, 2.75) is 39.0 Å². The van der Waals surface area contributed by atoms with E-state index in [9.17, 15) is 0 Å². The highest BCUT2D eigenvalue weighted by atomic mass is 16.5. The maximum absolute atomic E-state index is 5.42. The third-order valence-corrected chi connectivity index (χ3v) is 2.88. The summed E-state index contributed by atoms with van der Waals surface area (Å²) in [7, 11) is 2.01. The standard InChI is InChI=1S/C15H25NO/c1-3-17-15-11-9-14(10-12-15)8-6-4-5-7-13-16-2/h9-12,16H,3-8,13H2,1-2H3. The third-order valence-electron chi connectivity index (χ3n) is 2.88. The minimum absolute atomic E-state index is 0.741. The summed E-state index contributed by atoms with van der Waals surface area (Å²) in [4.78, 5) is 0. The molecule has 1 rings (SSSR count). The molecule has 1 aromatic carbocycles. The Labute approximate surface area is 105 Å². The fourth-order valence-corrected chi connectivity index (χ4v) is 1.90. The third kappa shape index (κ3) is 6.32. The van der Waals surface area contributed by atoms with Crippen molar-refractivity contribution < 1.29 is 4.74 Å². The van der Waals surface area contributed by atoms with Gasteiger partial charge in [0.1, 0.15) is 5.75 Å². The van der Waals surface area contributed by atoms with Crippen LogP contribution in [-0.4, -0.2) is 20.2 Å². The monoisotopic (exact) mass is 235 g/mol. The number of unbranched alkanes of at least 4 members (excludes halogenated alkanes) is 3. The van der Waals surface area contributed by atoms with Crippen LogP contribution in [0, 0.1) is 0 Å². The molecule has 2 nitrogen and oxygen atoms in total. The molecule has 1 aromatic rings. The van der Waals surface area contributed by atoms with Crippen molar-refractivity contribution in [2.24, 2.45) is 0 Å². The molecule has 0 saturated carbocycles. The summed E-state index contributed by atoms with van der Waals surface area (Å²) in [6, 6.07) is 8.50. The van der Waals surface area contributed by atoms with E-state index in [1.165, 1.54) is 37.7 Å². The fourth-order valence-electron chi connectivity index (χ4n) is 1.90. The van der Waals surface area contributed by atoms with Crippen LogP contribution >= 0.6 is 0 Å². The van der Waals surface area contributed by atoms with Crippen LogP contribution in [0.3, 0.4) is 0 Å². The quantitative estimate of drug-likeness (QED) is 0.662. The summed E-state index contributed by atoms with van der Waals surface area (Å²) >= 11 is 0. The van der Waals surface area contributed by atoms with Crippen LogP contribution in [0.2, 0.25) is 0 Å². The fraction of sp³-hybridized carbons (Fsp3) is 0.600. The molecule has 0 spiro atoms. The van der Waals surface area contributed by atoms with E-state index in [0.717, 1.165) is 18.9 Å². The molecule has 0 heterocycles. The molecule has 0 aliphatic heterocycles. The van der Waals surface area contributed by atoms with E-state index >= 15 is 0 Å². The summed E-state index contributed by atoms with van der Waals surface area (Å²) < 4.78 is 5.42. The first-order valence-corrected chi connectivity index (χ1v) is 6.73. The Morgan fingerprint density at radius 3 is 2.35 bits per heavy atom. The molecule has 0 fully saturated rings. The van der Waals surface area contributed by atoms with E-state index < -0.39 is 0 Å². The zero-order chi connectivity index (χ0) is 12.3. The molecule has 0 bridgehead atoms. The van der Waals surface area contributed by atoms with Crippen molar-refractivity contribution in [3.05, 3.63) is 29.8 Å². The predicted molar refractivity (Wildman–Crippen MR) is 73.7 cm³/mol. The van der Waals surface area contributed by atoms with Gasteiger partial charge in [0.05, 0.1) is 6.61 Å². The first-order valence-electron chi connectivity index (χ1n) is 6.73. The van der Waals surface area contributed by atoms with Crippen molar-refractivity contribution in [1.82, 2.24) is 5.32 Å². The van der Waals surface area contributed by atoms with Crippen LogP contribution in [0.15, 0.2) is 24.3 Å². The van der Waals surface area contributed by atoms with Gasteiger partial charge in [-0.1, -0.05) is 25.0 Å². The second-order valence-corrected chi connectivity index (χ2v) is 4.34. The summed E-state index contributed by atoms with van der Waals surface area (Å²) in [6.45, 7) is 3.90. The molecule has 0 aliphatic carbocycles. The molecular weight excluding hydrogens is 210 g/mol. The maximum Gasteiger partial charge on any atom is 0.119 e. The molecular formula is C15H25NO. The summed E-state index contributed by atoms with van der Waals surface area (Å²) in [5.74, 6) is 0.977. The number of aryl methyl sites for hydroxylation is 1. The number of hydrogen-bond donors (Lipinski definition) is 1. The second kappa shape index (κ2) is 9.06. The summed E-state index contributed by atoms with van der Waals surface area (Å²) in [5, 5.41) is 3.18. The van der Waals surface area contributed by atoms with Crippen molar-refractivity contribution >= 4 is 0 Å². The Kier molecular flexibility index (Phi) is 7.48. The maximum atomic E-state index is 5.42. The molecule has 2 heteroatoms. The lowest BCUT2D eigenvalue weighted by molar-refractivity contribution is 0.340. The summed E-state index contributed by atoms with van der Waals surface area (Å²) in [6.07, 6.45) is 6.43. The average molecular weight is 235 g/mol. The van der Waals surface area contributed by atoms with E-state index in [0.29, 0.717) is 0 Å². The Morgan fingerprint density at radius 2 is 1.71 bits per heavy atom. The molecule has 96 valence electrons. The van der Waals surface area contributed by atoms with E-state index in [4.69, 9.17) is 4.74 Å². The lowest BCUT2D eigenvalue weighted by atomic mass is 10.1. The van der Waals surface area contributed by atoms with Gasteiger partial charge < -0.3 is 10.1 Å². The number of rotatable bonds is 9. The van der Waals surface area contributed by atoms with Gasteiger partial charge in [-0.25, -0.2) is 0 Å². The van der Waals surface area contributed by atoms with Crippen LogP contribution in [-0.2, 0) is 6.42 Å². The number of nitrogens with one attached hydrogen (secondary N) is 1. The van der Waals surface area contributed by atoms with Crippen LogP contribution in [0.5, 0.6) is 5.75 Å². The lowest BCUT2D eigenvalue weighted by Gasteiger charge is -2.05. The Morgan fingerprint density at radius 1 is 1.00 bits per heavy atom. The van der Waals surface area contributed by atoms with Gasteiger partial charge in [-0.05, 0) is 57.5 Å². The molecule has 17 heavy (non-hydrogen) atoms. The highest BCUT2D eigenvalue weighted by molar-refractivity contribution is 5.27. The van der Waals surface area contributed by atoms with Gasteiger partial charge in [0.25, 0.3) is 0 Å². The Balaban J connectivity index is 2.14. The smallest absolute Gasteiger partial charge is 0.119 e. The molecule has 1 N–H and O–H groups in total. The predicted octanol–water partition coefficient (Wildman–Crippen LogP) is 3.41. The largest absolute Gasteiger partial charge is 0.494 e. The molecule has 0 radical (unpaired) electrons. The van der Waals surface area contributed by atoms with Crippen LogP contribution in [0.1, 0.15) is 38.2 Å². The topological polar surface area (TPSA) is 21.3 Å². The van der Waals surface area contributed by atoms with Gasteiger partial charge in [0.15, 0.2) is 0 Å². The molecule has 0 atom stereocenters. The highest BCUT2D eigenvalue weighted by Crippen LogP contribution is 2.14. The Hall–Kier alpha value is -1.02. The average Bonchev–Trinajstić information content (AvgIpc) is 2.36. The van der Waals surface area contributed by atoms with Crippen molar-refractivity contribution in [2.75, 3.05) is 20.2 Å². The van der Waals surface area contributed by atoms with E-state index in [1.54, 1.807) is 0 Å².